The molecule has 0 atom stereocenters. The van der Waals surface area contributed by atoms with Crippen LogP contribution in [0.4, 0.5) is 0 Å². The van der Waals surface area contributed by atoms with Gasteiger partial charge in [0.2, 0.25) is 5.89 Å². The molecule has 0 unspecified atom stereocenters. The molecule has 0 aliphatic carbocycles. The summed E-state index contributed by atoms with van der Waals surface area (Å²) in [5, 5.41) is 5.03. The fourth-order valence-corrected chi connectivity index (χ4v) is 2.89. The zero-order valence-electron chi connectivity index (χ0n) is 14.0. The molecule has 0 saturated carbocycles. The third-order valence-electron chi connectivity index (χ3n) is 3.67. The standard InChI is InChI=1S/C18H18ClN3O2S/c1-21(11-13-6-5-7-14(10-13)23-2)12-22-18(25)24-17(20-22)15-8-3-4-9-16(15)19/h3-10H,11-12H2,1-2H3. The van der Waals surface area contributed by atoms with Crippen LogP contribution in [0.15, 0.2) is 52.9 Å². The topological polar surface area (TPSA) is 43.4 Å². The Morgan fingerprint density at radius 3 is 2.80 bits per heavy atom. The van der Waals surface area contributed by atoms with Crippen LogP contribution in [0.3, 0.4) is 0 Å². The second-order valence-corrected chi connectivity index (χ2v) is 6.42. The Bertz CT molecular complexity index is 922. The summed E-state index contributed by atoms with van der Waals surface area (Å²) in [6, 6.07) is 15.3. The summed E-state index contributed by atoms with van der Waals surface area (Å²) in [4.78, 5) is 2.40. The predicted octanol–water partition coefficient (Wildman–Crippen LogP) is 4.62. The highest BCUT2D eigenvalue weighted by atomic mass is 35.5. The fraction of sp³-hybridized carbons (Fsp3) is 0.222. The van der Waals surface area contributed by atoms with Crippen LogP contribution in [0.1, 0.15) is 5.56 Å². The molecule has 0 bridgehead atoms. The molecule has 130 valence electrons. The van der Waals surface area contributed by atoms with Gasteiger partial charge in [-0.2, -0.15) is 0 Å². The smallest absolute Gasteiger partial charge is 0.288 e. The van der Waals surface area contributed by atoms with Crippen molar-refractivity contribution in [3.8, 4) is 17.2 Å². The summed E-state index contributed by atoms with van der Waals surface area (Å²) in [7, 11) is 3.65. The zero-order valence-corrected chi connectivity index (χ0v) is 15.5. The molecule has 0 saturated heterocycles. The van der Waals surface area contributed by atoms with Gasteiger partial charge >= 0.3 is 0 Å². The van der Waals surface area contributed by atoms with Gasteiger partial charge in [0.25, 0.3) is 4.84 Å². The molecule has 0 N–H and O–H groups in total. The second kappa shape index (κ2) is 7.82. The van der Waals surface area contributed by atoms with Crippen molar-refractivity contribution in [3.63, 3.8) is 0 Å². The third-order valence-corrected chi connectivity index (χ3v) is 4.30. The summed E-state index contributed by atoms with van der Waals surface area (Å²) in [5.74, 6) is 1.26. The molecule has 1 heterocycles. The van der Waals surface area contributed by atoms with Crippen LogP contribution in [-0.2, 0) is 13.2 Å². The van der Waals surface area contributed by atoms with Crippen molar-refractivity contribution in [2.24, 2.45) is 0 Å². The lowest BCUT2D eigenvalue weighted by Crippen LogP contribution is -2.22. The SMILES string of the molecule is COc1cccc(CN(C)Cn2nc(-c3ccccc3Cl)oc2=S)c1. The number of ether oxygens (including phenoxy) is 1. The molecular weight excluding hydrogens is 358 g/mol. The number of hydrogen-bond donors (Lipinski definition) is 0. The predicted molar refractivity (Wildman–Crippen MR) is 100 cm³/mol. The first kappa shape index (κ1) is 17.7. The minimum absolute atomic E-state index is 0.312. The first-order valence-corrected chi connectivity index (χ1v) is 8.50. The number of methoxy groups -OCH3 is 1. The molecule has 3 aromatic rings. The van der Waals surface area contributed by atoms with E-state index in [1.165, 1.54) is 0 Å². The molecule has 25 heavy (non-hydrogen) atoms. The van der Waals surface area contributed by atoms with E-state index in [-0.39, 0.29) is 0 Å². The summed E-state index contributed by atoms with van der Waals surface area (Å²) in [5.41, 5.74) is 1.87. The van der Waals surface area contributed by atoms with Gasteiger partial charge in [-0.3, -0.25) is 4.90 Å². The molecule has 3 rings (SSSR count). The van der Waals surface area contributed by atoms with Gasteiger partial charge in [0.15, 0.2) is 0 Å². The molecular formula is C18H18ClN3O2S. The number of aromatic nitrogens is 2. The van der Waals surface area contributed by atoms with Crippen molar-refractivity contribution in [2.75, 3.05) is 14.2 Å². The van der Waals surface area contributed by atoms with E-state index in [1.54, 1.807) is 17.9 Å². The highest BCUT2D eigenvalue weighted by Crippen LogP contribution is 2.26. The van der Waals surface area contributed by atoms with E-state index < -0.39 is 0 Å². The van der Waals surface area contributed by atoms with Crippen LogP contribution < -0.4 is 4.74 Å². The molecule has 0 aliphatic heterocycles. The Labute approximate surface area is 156 Å². The first-order valence-electron chi connectivity index (χ1n) is 7.71. The number of benzene rings is 2. The van der Waals surface area contributed by atoms with E-state index in [4.69, 9.17) is 33.0 Å². The van der Waals surface area contributed by atoms with Crippen molar-refractivity contribution >= 4 is 23.8 Å². The molecule has 0 aliphatic rings. The number of rotatable bonds is 6. The van der Waals surface area contributed by atoms with E-state index >= 15 is 0 Å². The minimum Gasteiger partial charge on any atom is -0.497 e. The van der Waals surface area contributed by atoms with Gasteiger partial charge in [-0.05, 0) is 49.1 Å². The average molecular weight is 376 g/mol. The Balaban J connectivity index is 1.74. The van der Waals surface area contributed by atoms with Crippen molar-refractivity contribution in [2.45, 2.75) is 13.2 Å². The van der Waals surface area contributed by atoms with Crippen LogP contribution in [0.5, 0.6) is 5.75 Å². The third kappa shape index (κ3) is 4.28. The zero-order chi connectivity index (χ0) is 17.8. The fourth-order valence-electron chi connectivity index (χ4n) is 2.50. The van der Waals surface area contributed by atoms with Gasteiger partial charge in [0.1, 0.15) is 5.75 Å². The number of nitrogens with zero attached hydrogens (tertiary/aromatic N) is 3. The van der Waals surface area contributed by atoms with Gasteiger partial charge in [-0.25, -0.2) is 4.68 Å². The average Bonchev–Trinajstić information content (AvgIpc) is 2.95. The van der Waals surface area contributed by atoms with Crippen molar-refractivity contribution in [1.29, 1.82) is 0 Å². The van der Waals surface area contributed by atoms with Gasteiger partial charge in [-0.15, -0.1) is 5.10 Å². The van der Waals surface area contributed by atoms with E-state index in [2.05, 4.69) is 16.1 Å². The minimum atomic E-state index is 0.312. The molecule has 5 nitrogen and oxygen atoms in total. The molecule has 0 spiro atoms. The van der Waals surface area contributed by atoms with Crippen molar-refractivity contribution in [3.05, 3.63) is 64.0 Å². The van der Waals surface area contributed by atoms with Crippen LogP contribution in [0.25, 0.3) is 11.5 Å². The molecule has 0 amide bonds. The largest absolute Gasteiger partial charge is 0.497 e. The number of hydrogen-bond acceptors (Lipinski definition) is 5. The van der Waals surface area contributed by atoms with E-state index in [0.29, 0.717) is 22.4 Å². The quantitative estimate of drug-likeness (QED) is 0.588. The molecule has 7 heteroatoms. The van der Waals surface area contributed by atoms with E-state index in [1.807, 2.05) is 43.4 Å². The van der Waals surface area contributed by atoms with Gasteiger partial charge in [0.05, 0.1) is 24.4 Å². The van der Waals surface area contributed by atoms with Crippen LogP contribution in [0.2, 0.25) is 5.02 Å². The van der Waals surface area contributed by atoms with E-state index in [0.717, 1.165) is 23.4 Å². The van der Waals surface area contributed by atoms with Crippen LogP contribution in [0, 0.1) is 4.84 Å². The van der Waals surface area contributed by atoms with Crippen LogP contribution >= 0.6 is 23.8 Å². The summed E-state index contributed by atoms with van der Waals surface area (Å²) >= 11 is 11.5. The lowest BCUT2D eigenvalue weighted by Gasteiger charge is -2.16. The maximum atomic E-state index is 6.20. The molecule has 0 fully saturated rings. The first-order chi connectivity index (χ1) is 12.1. The highest BCUT2D eigenvalue weighted by Gasteiger charge is 2.12. The lowest BCUT2D eigenvalue weighted by molar-refractivity contribution is 0.240. The van der Waals surface area contributed by atoms with Crippen molar-refractivity contribution < 1.29 is 9.15 Å². The Kier molecular flexibility index (Phi) is 5.53. The maximum absolute atomic E-state index is 6.20. The monoisotopic (exact) mass is 375 g/mol. The normalized spacial score (nSPS) is 11.0. The summed E-state index contributed by atoms with van der Waals surface area (Å²) in [6.07, 6.45) is 0. The van der Waals surface area contributed by atoms with Gasteiger partial charge in [0, 0.05) is 6.54 Å². The molecule has 2 aromatic carbocycles. The highest BCUT2D eigenvalue weighted by molar-refractivity contribution is 7.71. The van der Waals surface area contributed by atoms with Crippen LogP contribution in [-0.4, -0.2) is 28.8 Å². The summed E-state index contributed by atoms with van der Waals surface area (Å²) in [6.45, 7) is 1.23. The lowest BCUT2D eigenvalue weighted by atomic mass is 10.2. The molecule has 1 aromatic heterocycles. The Morgan fingerprint density at radius 2 is 2.04 bits per heavy atom. The Morgan fingerprint density at radius 1 is 1.24 bits per heavy atom. The van der Waals surface area contributed by atoms with Crippen molar-refractivity contribution in [1.82, 2.24) is 14.7 Å². The van der Waals surface area contributed by atoms with E-state index in [9.17, 15) is 0 Å². The Hall–Kier alpha value is -2.15. The van der Waals surface area contributed by atoms with Gasteiger partial charge < -0.3 is 9.15 Å². The number of halogens is 1. The van der Waals surface area contributed by atoms with Gasteiger partial charge in [-0.1, -0.05) is 35.9 Å². The second-order valence-electron chi connectivity index (χ2n) is 5.66. The maximum Gasteiger partial charge on any atom is 0.288 e. The summed E-state index contributed by atoms with van der Waals surface area (Å²) < 4.78 is 12.5. The molecule has 0 radical (unpaired) electrons.